The molecule has 4 atom stereocenters. The van der Waals surface area contributed by atoms with Gasteiger partial charge in [-0.25, -0.2) is 0 Å². The number of benzene rings is 1. The maximum atomic E-state index is 5.32. The summed E-state index contributed by atoms with van der Waals surface area (Å²) in [4.78, 5) is 0. The Bertz CT molecular complexity index is 449. The van der Waals surface area contributed by atoms with Gasteiger partial charge in [0.1, 0.15) is 5.75 Å². The average Bonchev–Trinajstić information content (AvgIpc) is 2.44. The molecule has 1 aromatic carbocycles. The van der Waals surface area contributed by atoms with Crippen molar-refractivity contribution < 1.29 is 4.74 Å². The van der Waals surface area contributed by atoms with Crippen LogP contribution in [0.15, 0.2) is 22.7 Å². The Labute approximate surface area is 131 Å². The maximum absolute atomic E-state index is 5.32. The molecular formula is C17H26BrNO. The Morgan fingerprint density at radius 2 is 2.00 bits per heavy atom. The highest BCUT2D eigenvalue weighted by atomic mass is 79.9. The summed E-state index contributed by atoms with van der Waals surface area (Å²) in [6.45, 7) is 4.78. The van der Waals surface area contributed by atoms with E-state index in [9.17, 15) is 0 Å². The van der Waals surface area contributed by atoms with Gasteiger partial charge in [-0.05, 0) is 71.3 Å². The molecule has 1 aliphatic carbocycles. The van der Waals surface area contributed by atoms with Crippen LogP contribution in [-0.4, -0.2) is 14.2 Å². The predicted molar refractivity (Wildman–Crippen MR) is 88.2 cm³/mol. The van der Waals surface area contributed by atoms with E-state index in [0.29, 0.717) is 6.04 Å². The topological polar surface area (TPSA) is 21.3 Å². The van der Waals surface area contributed by atoms with Crippen molar-refractivity contribution in [1.82, 2.24) is 5.32 Å². The third-order valence-corrected chi connectivity index (χ3v) is 5.58. The van der Waals surface area contributed by atoms with Gasteiger partial charge in [0.15, 0.2) is 0 Å². The predicted octanol–water partition coefficient (Wildman–Crippen LogP) is 4.79. The molecule has 0 bridgehead atoms. The molecule has 20 heavy (non-hydrogen) atoms. The molecule has 1 aromatic rings. The van der Waals surface area contributed by atoms with E-state index in [1.54, 1.807) is 7.11 Å². The fourth-order valence-corrected chi connectivity index (χ4v) is 4.00. The molecule has 0 aliphatic heterocycles. The summed E-state index contributed by atoms with van der Waals surface area (Å²) in [7, 11) is 3.78. The van der Waals surface area contributed by atoms with Gasteiger partial charge in [-0.3, -0.25) is 0 Å². The number of methoxy groups -OCH3 is 1. The van der Waals surface area contributed by atoms with Crippen molar-refractivity contribution in [3.63, 3.8) is 0 Å². The first-order chi connectivity index (χ1) is 9.56. The summed E-state index contributed by atoms with van der Waals surface area (Å²) in [6, 6.07) is 6.88. The fourth-order valence-electron chi connectivity index (χ4n) is 3.44. The molecule has 1 aliphatic rings. The number of hydrogen-bond acceptors (Lipinski definition) is 2. The molecule has 0 spiro atoms. The van der Waals surface area contributed by atoms with E-state index < -0.39 is 0 Å². The molecule has 0 radical (unpaired) electrons. The van der Waals surface area contributed by atoms with Gasteiger partial charge in [-0.15, -0.1) is 0 Å². The highest BCUT2D eigenvalue weighted by Gasteiger charge is 2.30. The lowest BCUT2D eigenvalue weighted by molar-refractivity contribution is 0.174. The lowest BCUT2D eigenvalue weighted by Gasteiger charge is -2.37. The van der Waals surface area contributed by atoms with E-state index in [1.807, 2.05) is 0 Å². The van der Waals surface area contributed by atoms with E-state index in [0.717, 1.165) is 28.0 Å². The standard InChI is InChI=1S/C17H26BrNO/c1-11-5-6-13(9-12(11)2)17(19-3)14-7-8-16(20-4)15(18)10-14/h7-8,10-13,17,19H,5-6,9H2,1-4H3. The number of ether oxygens (including phenoxy) is 1. The molecule has 3 heteroatoms. The van der Waals surface area contributed by atoms with Gasteiger partial charge in [0.05, 0.1) is 11.6 Å². The quantitative estimate of drug-likeness (QED) is 0.851. The highest BCUT2D eigenvalue weighted by Crippen LogP contribution is 2.40. The van der Waals surface area contributed by atoms with Crippen molar-refractivity contribution in [3.8, 4) is 5.75 Å². The van der Waals surface area contributed by atoms with Crippen molar-refractivity contribution in [1.29, 1.82) is 0 Å². The second kappa shape index (κ2) is 6.95. The lowest BCUT2D eigenvalue weighted by Crippen LogP contribution is -2.31. The van der Waals surface area contributed by atoms with Gasteiger partial charge in [0.25, 0.3) is 0 Å². The summed E-state index contributed by atoms with van der Waals surface area (Å²) in [5.41, 5.74) is 1.35. The van der Waals surface area contributed by atoms with Gasteiger partial charge in [0.2, 0.25) is 0 Å². The molecule has 0 amide bonds. The average molecular weight is 340 g/mol. The van der Waals surface area contributed by atoms with Crippen molar-refractivity contribution in [2.75, 3.05) is 14.2 Å². The van der Waals surface area contributed by atoms with Gasteiger partial charge in [-0.1, -0.05) is 26.3 Å². The van der Waals surface area contributed by atoms with Gasteiger partial charge >= 0.3 is 0 Å². The molecular weight excluding hydrogens is 314 g/mol. The summed E-state index contributed by atoms with van der Waals surface area (Å²) in [5.74, 6) is 3.32. The third kappa shape index (κ3) is 3.37. The Morgan fingerprint density at radius 3 is 2.55 bits per heavy atom. The number of nitrogens with one attached hydrogen (secondary N) is 1. The zero-order valence-electron chi connectivity index (χ0n) is 12.9. The van der Waals surface area contributed by atoms with Crippen LogP contribution in [0, 0.1) is 17.8 Å². The summed E-state index contributed by atoms with van der Waals surface area (Å²) in [5, 5.41) is 3.53. The van der Waals surface area contributed by atoms with Crippen LogP contribution in [0.25, 0.3) is 0 Å². The summed E-state index contributed by atoms with van der Waals surface area (Å²) >= 11 is 3.60. The van der Waals surface area contributed by atoms with Crippen molar-refractivity contribution >= 4 is 15.9 Å². The van der Waals surface area contributed by atoms with E-state index in [1.165, 1.54) is 24.8 Å². The molecule has 1 saturated carbocycles. The lowest BCUT2D eigenvalue weighted by atomic mass is 9.72. The monoisotopic (exact) mass is 339 g/mol. The fraction of sp³-hybridized carbons (Fsp3) is 0.647. The first-order valence-electron chi connectivity index (χ1n) is 7.57. The molecule has 0 heterocycles. The van der Waals surface area contributed by atoms with Crippen LogP contribution >= 0.6 is 15.9 Å². The highest BCUT2D eigenvalue weighted by molar-refractivity contribution is 9.10. The summed E-state index contributed by atoms with van der Waals surface area (Å²) < 4.78 is 6.36. The first-order valence-corrected chi connectivity index (χ1v) is 8.36. The van der Waals surface area contributed by atoms with Gasteiger partial charge in [-0.2, -0.15) is 0 Å². The maximum Gasteiger partial charge on any atom is 0.133 e. The SMILES string of the molecule is CNC(c1ccc(OC)c(Br)c1)C1CCC(C)C(C)C1. The zero-order chi connectivity index (χ0) is 14.7. The van der Waals surface area contributed by atoms with Crippen LogP contribution in [0.3, 0.4) is 0 Å². The van der Waals surface area contributed by atoms with Crippen molar-refractivity contribution in [2.45, 2.75) is 39.2 Å². The minimum Gasteiger partial charge on any atom is -0.496 e. The van der Waals surface area contributed by atoms with Gasteiger partial charge in [0, 0.05) is 6.04 Å². The van der Waals surface area contributed by atoms with Crippen LogP contribution < -0.4 is 10.1 Å². The minimum absolute atomic E-state index is 0.437. The van der Waals surface area contributed by atoms with Gasteiger partial charge < -0.3 is 10.1 Å². The van der Waals surface area contributed by atoms with Crippen LogP contribution in [-0.2, 0) is 0 Å². The van der Waals surface area contributed by atoms with Crippen LogP contribution in [0.2, 0.25) is 0 Å². The first kappa shape index (κ1) is 15.8. The molecule has 2 nitrogen and oxygen atoms in total. The Hall–Kier alpha value is -0.540. The van der Waals surface area contributed by atoms with Crippen LogP contribution in [0.5, 0.6) is 5.75 Å². The molecule has 112 valence electrons. The van der Waals surface area contributed by atoms with E-state index >= 15 is 0 Å². The molecule has 1 N–H and O–H groups in total. The number of hydrogen-bond donors (Lipinski definition) is 1. The Kier molecular flexibility index (Phi) is 5.50. The largest absolute Gasteiger partial charge is 0.496 e. The van der Waals surface area contributed by atoms with E-state index in [4.69, 9.17) is 4.74 Å². The second-order valence-electron chi connectivity index (χ2n) is 6.19. The van der Waals surface area contributed by atoms with Crippen molar-refractivity contribution in [3.05, 3.63) is 28.2 Å². The van der Waals surface area contributed by atoms with Crippen molar-refractivity contribution in [2.24, 2.45) is 17.8 Å². The Morgan fingerprint density at radius 1 is 1.25 bits per heavy atom. The van der Waals surface area contributed by atoms with E-state index in [2.05, 4.69) is 60.3 Å². The molecule has 2 rings (SSSR count). The molecule has 4 unspecified atom stereocenters. The molecule has 1 fully saturated rings. The zero-order valence-corrected chi connectivity index (χ0v) is 14.5. The smallest absolute Gasteiger partial charge is 0.133 e. The molecule has 0 aromatic heterocycles. The normalized spacial score (nSPS) is 28.1. The van der Waals surface area contributed by atoms with Crippen LogP contribution in [0.1, 0.15) is 44.7 Å². The summed E-state index contributed by atoms with van der Waals surface area (Å²) in [6.07, 6.45) is 3.98. The van der Waals surface area contributed by atoms with E-state index in [-0.39, 0.29) is 0 Å². The number of halogens is 1. The second-order valence-corrected chi connectivity index (χ2v) is 7.04. The third-order valence-electron chi connectivity index (χ3n) is 4.96. The molecule has 0 saturated heterocycles. The Balaban J connectivity index is 2.17. The minimum atomic E-state index is 0.437. The van der Waals surface area contributed by atoms with Crippen LogP contribution in [0.4, 0.5) is 0 Å². The number of rotatable bonds is 4.